The first-order valence-electron chi connectivity index (χ1n) is 11.0. The van der Waals surface area contributed by atoms with Gasteiger partial charge in [-0.3, -0.25) is 0 Å². The van der Waals surface area contributed by atoms with Crippen molar-refractivity contribution in [3.63, 3.8) is 0 Å². The lowest BCUT2D eigenvalue weighted by Crippen LogP contribution is -2.05. The van der Waals surface area contributed by atoms with Crippen molar-refractivity contribution in [2.75, 3.05) is 11.1 Å². The molecule has 0 aliphatic rings. The zero-order valence-electron chi connectivity index (χ0n) is 19.3. The Hall–Kier alpha value is -4.65. The van der Waals surface area contributed by atoms with Crippen LogP contribution in [0.25, 0.3) is 21.8 Å². The minimum atomic E-state index is -4.44. The van der Waals surface area contributed by atoms with Crippen LogP contribution in [0, 0.1) is 11.8 Å². The summed E-state index contributed by atoms with van der Waals surface area (Å²) in [6.07, 6.45) is -1.46. The van der Waals surface area contributed by atoms with Gasteiger partial charge in [0.1, 0.15) is 23.7 Å². The van der Waals surface area contributed by atoms with Gasteiger partial charge in [0.05, 0.1) is 10.9 Å². The SMILES string of the molecule is CC(C)n1nc(C#Cc2cccc3c(Nc4cccc(C(F)(F)F)c4)nccc23)c2c(N)ncnc21. The fraction of sp³-hybridized carbons (Fsp3) is 0.154. The van der Waals surface area contributed by atoms with Crippen LogP contribution < -0.4 is 11.1 Å². The predicted molar refractivity (Wildman–Crippen MR) is 133 cm³/mol. The largest absolute Gasteiger partial charge is 0.416 e. The molecule has 5 aromatic rings. The van der Waals surface area contributed by atoms with Crippen LogP contribution in [-0.4, -0.2) is 24.7 Å². The number of hydrogen-bond acceptors (Lipinski definition) is 6. The molecule has 3 heterocycles. The minimum Gasteiger partial charge on any atom is -0.383 e. The molecule has 180 valence electrons. The fourth-order valence-electron chi connectivity index (χ4n) is 3.90. The third kappa shape index (κ3) is 4.27. The number of nitrogens with zero attached hydrogens (tertiary/aromatic N) is 5. The van der Waals surface area contributed by atoms with Crippen molar-refractivity contribution in [3.8, 4) is 11.8 Å². The van der Waals surface area contributed by atoms with Gasteiger partial charge < -0.3 is 11.1 Å². The van der Waals surface area contributed by atoms with E-state index in [1.54, 1.807) is 23.0 Å². The summed E-state index contributed by atoms with van der Waals surface area (Å²) in [4.78, 5) is 12.7. The molecule has 0 amide bonds. The van der Waals surface area contributed by atoms with Gasteiger partial charge in [-0.2, -0.15) is 18.3 Å². The summed E-state index contributed by atoms with van der Waals surface area (Å²) in [5, 5.41) is 9.67. The first kappa shape index (κ1) is 23.1. The zero-order valence-corrected chi connectivity index (χ0v) is 19.3. The molecular formula is C26H20F3N7. The second-order valence-electron chi connectivity index (χ2n) is 8.36. The van der Waals surface area contributed by atoms with E-state index in [2.05, 4.69) is 37.2 Å². The van der Waals surface area contributed by atoms with E-state index in [-0.39, 0.29) is 11.7 Å². The van der Waals surface area contributed by atoms with Crippen LogP contribution in [0.4, 0.5) is 30.5 Å². The lowest BCUT2D eigenvalue weighted by Gasteiger charge is -2.12. The second-order valence-corrected chi connectivity index (χ2v) is 8.36. The molecule has 10 heteroatoms. The van der Waals surface area contributed by atoms with Crippen molar-refractivity contribution in [1.82, 2.24) is 24.7 Å². The summed E-state index contributed by atoms with van der Waals surface area (Å²) >= 11 is 0. The number of benzene rings is 2. The third-order valence-electron chi connectivity index (χ3n) is 5.58. The average molecular weight is 487 g/mol. The summed E-state index contributed by atoms with van der Waals surface area (Å²) in [6, 6.07) is 12.3. The summed E-state index contributed by atoms with van der Waals surface area (Å²) in [7, 11) is 0. The van der Waals surface area contributed by atoms with Crippen molar-refractivity contribution in [2.24, 2.45) is 0 Å². The Balaban J connectivity index is 1.56. The standard InChI is InChI=1S/C26H20F3N7/c1-15(2)36-25-22(23(30)32-14-33-25)21(35-36)10-9-16-5-3-8-20-19(16)11-12-31-24(20)34-18-7-4-6-17(13-18)26(27,28)29/h3-8,11-15H,1-2H3,(H,31,34)(H2,30,32,33). The number of pyridine rings is 1. The monoisotopic (exact) mass is 487 g/mol. The number of nitrogen functional groups attached to an aromatic ring is 1. The molecular weight excluding hydrogens is 467 g/mol. The molecule has 0 radical (unpaired) electrons. The van der Waals surface area contributed by atoms with Crippen LogP contribution in [0.15, 0.2) is 61.1 Å². The number of nitrogens with one attached hydrogen (secondary N) is 1. The van der Waals surface area contributed by atoms with E-state index in [9.17, 15) is 13.2 Å². The maximum Gasteiger partial charge on any atom is 0.416 e. The number of anilines is 3. The first-order valence-corrected chi connectivity index (χ1v) is 11.0. The van der Waals surface area contributed by atoms with Crippen molar-refractivity contribution in [2.45, 2.75) is 26.1 Å². The van der Waals surface area contributed by atoms with Crippen LogP contribution in [-0.2, 0) is 6.18 Å². The highest BCUT2D eigenvalue weighted by atomic mass is 19.4. The van der Waals surface area contributed by atoms with Crippen LogP contribution in [0.1, 0.15) is 36.7 Å². The molecule has 0 bridgehead atoms. The molecule has 0 aliphatic heterocycles. The lowest BCUT2D eigenvalue weighted by atomic mass is 10.1. The van der Waals surface area contributed by atoms with Gasteiger partial charge in [-0.15, -0.1) is 0 Å². The van der Waals surface area contributed by atoms with Crippen molar-refractivity contribution < 1.29 is 13.2 Å². The van der Waals surface area contributed by atoms with Gasteiger partial charge in [0.15, 0.2) is 5.65 Å². The van der Waals surface area contributed by atoms with Crippen LogP contribution >= 0.6 is 0 Å². The van der Waals surface area contributed by atoms with E-state index >= 15 is 0 Å². The number of aromatic nitrogens is 5. The van der Waals surface area contributed by atoms with E-state index in [4.69, 9.17) is 5.73 Å². The Morgan fingerprint density at radius 1 is 0.972 bits per heavy atom. The Morgan fingerprint density at radius 2 is 1.78 bits per heavy atom. The summed E-state index contributed by atoms with van der Waals surface area (Å²) < 4.78 is 41.1. The van der Waals surface area contributed by atoms with Crippen LogP contribution in [0.3, 0.4) is 0 Å². The molecule has 0 saturated heterocycles. The molecule has 2 aromatic carbocycles. The van der Waals surface area contributed by atoms with Gasteiger partial charge in [0, 0.05) is 34.3 Å². The minimum absolute atomic E-state index is 0.0467. The maximum absolute atomic E-state index is 13.1. The predicted octanol–water partition coefficient (Wildman–Crippen LogP) is 5.70. The first-order chi connectivity index (χ1) is 17.2. The molecule has 0 fully saturated rings. The van der Waals surface area contributed by atoms with Crippen molar-refractivity contribution in [3.05, 3.63) is 77.9 Å². The van der Waals surface area contributed by atoms with Crippen LogP contribution in [0.5, 0.6) is 0 Å². The summed E-state index contributed by atoms with van der Waals surface area (Å²) in [5.74, 6) is 6.97. The second kappa shape index (κ2) is 8.85. The average Bonchev–Trinajstić information content (AvgIpc) is 3.23. The fourth-order valence-corrected chi connectivity index (χ4v) is 3.90. The molecule has 0 atom stereocenters. The van der Waals surface area contributed by atoms with E-state index in [0.29, 0.717) is 39.3 Å². The summed E-state index contributed by atoms with van der Waals surface area (Å²) in [6.45, 7) is 3.97. The van der Waals surface area contributed by atoms with E-state index < -0.39 is 11.7 Å². The highest BCUT2D eigenvalue weighted by Crippen LogP contribution is 2.32. The molecule has 0 unspecified atom stereocenters. The van der Waals surface area contributed by atoms with Crippen molar-refractivity contribution in [1.29, 1.82) is 0 Å². The number of halogens is 3. The molecule has 7 nitrogen and oxygen atoms in total. The molecule has 0 aliphatic carbocycles. The van der Waals surface area contributed by atoms with Crippen LogP contribution in [0.2, 0.25) is 0 Å². The molecule has 0 saturated carbocycles. The molecule has 3 N–H and O–H groups in total. The lowest BCUT2D eigenvalue weighted by molar-refractivity contribution is -0.137. The highest BCUT2D eigenvalue weighted by molar-refractivity contribution is 5.97. The Kier molecular flexibility index (Phi) is 5.68. The highest BCUT2D eigenvalue weighted by Gasteiger charge is 2.30. The number of fused-ring (bicyclic) bond motifs is 2. The Bertz CT molecular complexity index is 1660. The van der Waals surface area contributed by atoms with E-state index in [0.717, 1.165) is 17.5 Å². The van der Waals surface area contributed by atoms with Crippen molar-refractivity contribution >= 4 is 39.1 Å². The topological polar surface area (TPSA) is 94.5 Å². The Morgan fingerprint density at radius 3 is 2.56 bits per heavy atom. The van der Waals surface area contributed by atoms with E-state index in [1.807, 2.05) is 32.0 Å². The number of hydrogen-bond donors (Lipinski definition) is 2. The third-order valence-corrected chi connectivity index (χ3v) is 5.58. The number of rotatable bonds is 3. The molecule has 36 heavy (non-hydrogen) atoms. The van der Waals surface area contributed by atoms with E-state index in [1.165, 1.54) is 12.4 Å². The maximum atomic E-state index is 13.1. The Labute approximate surface area is 204 Å². The van der Waals surface area contributed by atoms with Gasteiger partial charge in [0.2, 0.25) is 0 Å². The van der Waals surface area contributed by atoms with Gasteiger partial charge >= 0.3 is 6.18 Å². The van der Waals surface area contributed by atoms with Gasteiger partial charge in [0.25, 0.3) is 0 Å². The summed E-state index contributed by atoms with van der Waals surface area (Å²) in [5.41, 5.74) is 7.41. The van der Waals surface area contributed by atoms with Gasteiger partial charge in [-0.1, -0.05) is 24.1 Å². The quantitative estimate of drug-likeness (QED) is 0.317. The molecule has 0 spiro atoms. The van der Waals surface area contributed by atoms with Gasteiger partial charge in [-0.05, 0) is 50.1 Å². The molecule has 5 rings (SSSR count). The smallest absolute Gasteiger partial charge is 0.383 e. The normalized spacial score (nSPS) is 11.6. The number of alkyl halides is 3. The number of nitrogens with two attached hydrogens (primary N) is 1. The molecule has 3 aromatic heterocycles. The zero-order chi connectivity index (χ0) is 25.4. The van der Waals surface area contributed by atoms with Gasteiger partial charge in [-0.25, -0.2) is 19.6 Å².